The monoisotopic (exact) mass is 487 g/mol. The molecule has 33 heavy (non-hydrogen) atoms. The van der Waals surface area contributed by atoms with E-state index in [4.69, 9.17) is 0 Å². The summed E-state index contributed by atoms with van der Waals surface area (Å²) in [5.41, 5.74) is 1.08. The van der Waals surface area contributed by atoms with Gasteiger partial charge in [0.25, 0.3) is 15.9 Å². The number of nitrogens with zero attached hydrogens (tertiary/aromatic N) is 1. The van der Waals surface area contributed by atoms with Crippen LogP contribution in [0.2, 0.25) is 0 Å². The van der Waals surface area contributed by atoms with Gasteiger partial charge in [0.2, 0.25) is 10.0 Å². The molecule has 2 N–H and O–H groups in total. The highest BCUT2D eigenvalue weighted by atomic mass is 32.2. The van der Waals surface area contributed by atoms with Crippen LogP contribution >= 0.6 is 0 Å². The molecule has 0 fully saturated rings. The molecule has 0 aliphatic rings. The molecule has 0 aliphatic heterocycles. The van der Waals surface area contributed by atoms with Gasteiger partial charge in [0.1, 0.15) is 0 Å². The molecule has 0 saturated carbocycles. The lowest BCUT2D eigenvalue weighted by Gasteiger charge is -2.18. The summed E-state index contributed by atoms with van der Waals surface area (Å²) in [6.45, 7) is 4.28. The fourth-order valence-corrected chi connectivity index (χ4v) is 5.67. The first-order chi connectivity index (χ1) is 15.7. The minimum Gasteiger partial charge on any atom is -0.322 e. The standard InChI is InChI=1S/C23H25N3O5S2/c1-3-26(4-2)33(30,31)22-16-14-19(15-17-22)24-23(27)18-10-12-20(13-11-18)25-32(28,29)21-8-6-5-7-9-21/h5-17,25H,3-4H2,1-2H3,(H,24,27). The zero-order valence-electron chi connectivity index (χ0n) is 18.2. The maximum Gasteiger partial charge on any atom is 0.261 e. The van der Waals surface area contributed by atoms with Crippen molar-refractivity contribution in [3.8, 4) is 0 Å². The SMILES string of the molecule is CCN(CC)S(=O)(=O)c1ccc(NC(=O)c2ccc(NS(=O)(=O)c3ccccc3)cc2)cc1. The Morgan fingerprint density at radius 3 is 1.82 bits per heavy atom. The highest BCUT2D eigenvalue weighted by Gasteiger charge is 2.21. The van der Waals surface area contributed by atoms with Gasteiger partial charge in [-0.15, -0.1) is 0 Å². The van der Waals surface area contributed by atoms with Crippen LogP contribution in [-0.2, 0) is 20.0 Å². The third-order valence-corrected chi connectivity index (χ3v) is 8.37. The third-order valence-electron chi connectivity index (χ3n) is 4.91. The van der Waals surface area contributed by atoms with E-state index in [9.17, 15) is 21.6 Å². The van der Waals surface area contributed by atoms with Crippen molar-refractivity contribution in [2.24, 2.45) is 0 Å². The second-order valence-electron chi connectivity index (χ2n) is 7.06. The van der Waals surface area contributed by atoms with Gasteiger partial charge in [-0.25, -0.2) is 16.8 Å². The summed E-state index contributed by atoms with van der Waals surface area (Å²) >= 11 is 0. The first kappa shape index (κ1) is 24.4. The number of benzene rings is 3. The van der Waals surface area contributed by atoms with Gasteiger partial charge in [0.05, 0.1) is 9.79 Å². The largest absolute Gasteiger partial charge is 0.322 e. The van der Waals surface area contributed by atoms with Crippen molar-refractivity contribution >= 4 is 37.3 Å². The Morgan fingerprint density at radius 1 is 0.727 bits per heavy atom. The lowest BCUT2D eigenvalue weighted by atomic mass is 10.2. The topological polar surface area (TPSA) is 113 Å². The zero-order valence-corrected chi connectivity index (χ0v) is 19.9. The number of sulfonamides is 2. The molecule has 174 valence electrons. The number of carbonyl (C=O) groups excluding carboxylic acids is 1. The van der Waals surface area contributed by atoms with Gasteiger partial charge in [0, 0.05) is 30.0 Å². The highest BCUT2D eigenvalue weighted by Crippen LogP contribution is 2.20. The Bertz CT molecular complexity index is 1300. The van der Waals surface area contributed by atoms with Gasteiger partial charge in [-0.05, 0) is 60.7 Å². The van der Waals surface area contributed by atoms with E-state index >= 15 is 0 Å². The highest BCUT2D eigenvalue weighted by molar-refractivity contribution is 7.92. The molecule has 0 spiro atoms. The van der Waals surface area contributed by atoms with E-state index in [0.717, 1.165) is 0 Å². The van der Waals surface area contributed by atoms with Crippen LogP contribution in [0.1, 0.15) is 24.2 Å². The fraction of sp³-hybridized carbons (Fsp3) is 0.174. The van der Waals surface area contributed by atoms with Gasteiger partial charge < -0.3 is 5.32 Å². The van der Waals surface area contributed by atoms with Crippen LogP contribution in [0.5, 0.6) is 0 Å². The lowest BCUT2D eigenvalue weighted by molar-refractivity contribution is 0.102. The smallest absolute Gasteiger partial charge is 0.261 e. The third kappa shape index (κ3) is 5.78. The van der Waals surface area contributed by atoms with E-state index in [0.29, 0.717) is 30.0 Å². The number of anilines is 2. The second-order valence-corrected chi connectivity index (χ2v) is 10.7. The average Bonchev–Trinajstić information content (AvgIpc) is 2.81. The molecule has 0 aromatic heterocycles. The van der Waals surface area contributed by atoms with E-state index in [1.165, 1.54) is 65.0 Å². The van der Waals surface area contributed by atoms with Gasteiger partial charge in [-0.3, -0.25) is 9.52 Å². The Kier molecular flexibility index (Phi) is 7.52. The van der Waals surface area contributed by atoms with Crippen molar-refractivity contribution in [3.63, 3.8) is 0 Å². The molecule has 3 rings (SSSR count). The van der Waals surface area contributed by atoms with Crippen molar-refractivity contribution in [2.45, 2.75) is 23.6 Å². The number of hydrogen-bond donors (Lipinski definition) is 2. The Morgan fingerprint density at radius 2 is 1.27 bits per heavy atom. The van der Waals surface area contributed by atoms with Crippen molar-refractivity contribution in [2.75, 3.05) is 23.1 Å². The van der Waals surface area contributed by atoms with Crippen LogP contribution in [0.3, 0.4) is 0 Å². The summed E-state index contributed by atoms with van der Waals surface area (Å²) in [4.78, 5) is 12.8. The summed E-state index contributed by atoms with van der Waals surface area (Å²) in [5.74, 6) is -0.410. The molecule has 0 radical (unpaired) electrons. The molecule has 8 nitrogen and oxygen atoms in total. The molecule has 0 atom stereocenters. The normalized spacial score (nSPS) is 11.8. The maximum absolute atomic E-state index is 12.6. The first-order valence-electron chi connectivity index (χ1n) is 10.3. The molecule has 1 amide bonds. The van der Waals surface area contributed by atoms with Gasteiger partial charge in [0.15, 0.2) is 0 Å². The van der Waals surface area contributed by atoms with Crippen LogP contribution in [0.15, 0.2) is 88.7 Å². The van der Waals surface area contributed by atoms with E-state index < -0.39 is 26.0 Å². The minimum atomic E-state index is -3.72. The van der Waals surface area contributed by atoms with E-state index in [2.05, 4.69) is 10.0 Å². The number of amides is 1. The summed E-state index contributed by atoms with van der Waals surface area (Å²) in [6.07, 6.45) is 0. The predicted octanol–water partition coefficient (Wildman–Crippen LogP) is 3.77. The molecular formula is C23H25N3O5S2. The van der Waals surface area contributed by atoms with Crippen molar-refractivity contribution in [1.29, 1.82) is 0 Å². The first-order valence-corrected chi connectivity index (χ1v) is 13.2. The number of nitrogens with one attached hydrogen (secondary N) is 2. The molecule has 3 aromatic carbocycles. The number of rotatable bonds is 9. The van der Waals surface area contributed by atoms with E-state index in [-0.39, 0.29) is 9.79 Å². The van der Waals surface area contributed by atoms with E-state index in [1.807, 2.05) is 0 Å². The molecule has 0 saturated heterocycles. The minimum absolute atomic E-state index is 0.137. The van der Waals surface area contributed by atoms with Crippen molar-refractivity contribution < 1.29 is 21.6 Å². The molecular weight excluding hydrogens is 462 g/mol. The number of carbonyl (C=O) groups is 1. The molecule has 0 bridgehead atoms. The quantitative estimate of drug-likeness (QED) is 0.477. The van der Waals surface area contributed by atoms with Crippen LogP contribution in [-0.4, -0.2) is 40.1 Å². The Balaban J connectivity index is 1.68. The van der Waals surface area contributed by atoms with Crippen molar-refractivity contribution in [3.05, 3.63) is 84.4 Å². The second kappa shape index (κ2) is 10.2. The summed E-state index contributed by atoms with van der Waals surface area (Å²) < 4.78 is 53.8. The van der Waals surface area contributed by atoms with Gasteiger partial charge >= 0.3 is 0 Å². The zero-order chi connectivity index (χ0) is 24.1. The fourth-order valence-electron chi connectivity index (χ4n) is 3.13. The van der Waals surface area contributed by atoms with Crippen LogP contribution in [0.25, 0.3) is 0 Å². The Labute approximate surface area is 194 Å². The van der Waals surface area contributed by atoms with Gasteiger partial charge in [-0.1, -0.05) is 32.0 Å². The molecule has 0 aliphatic carbocycles. The van der Waals surface area contributed by atoms with E-state index in [1.54, 1.807) is 32.0 Å². The molecule has 0 unspecified atom stereocenters. The maximum atomic E-state index is 12.6. The van der Waals surface area contributed by atoms with Gasteiger partial charge in [-0.2, -0.15) is 4.31 Å². The average molecular weight is 488 g/mol. The lowest BCUT2D eigenvalue weighted by Crippen LogP contribution is -2.30. The Hall–Kier alpha value is -3.21. The molecule has 3 aromatic rings. The van der Waals surface area contributed by atoms with Crippen LogP contribution < -0.4 is 10.0 Å². The summed E-state index contributed by atoms with van der Waals surface area (Å²) in [5, 5.41) is 2.70. The predicted molar refractivity (Wildman–Crippen MR) is 128 cm³/mol. The molecule has 0 heterocycles. The molecule has 10 heteroatoms. The summed E-state index contributed by atoms with van der Waals surface area (Å²) in [7, 11) is -7.30. The van der Waals surface area contributed by atoms with Crippen LogP contribution in [0, 0.1) is 0 Å². The summed E-state index contributed by atoms with van der Waals surface area (Å²) in [6, 6.07) is 19.9. The van der Waals surface area contributed by atoms with Crippen LogP contribution in [0.4, 0.5) is 11.4 Å². The van der Waals surface area contributed by atoms with Crippen molar-refractivity contribution in [1.82, 2.24) is 4.31 Å². The number of hydrogen-bond acceptors (Lipinski definition) is 5.